The van der Waals surface area contributed by atoms with Crippen LogP contribution in [0.15, 0.2) is 70.6 Å². The van der Waals surface area contributed by atoms with Crippen LogP contribution in [0.2, 0.25) is 0 Å². The highest BCUT2D eigenvalue weighted by Gasteiger charge is 2.30. The zero-order valence-electron chi connectivity index (χ0n) is 28.0. The molecule has 0 spiro atoms. The molecule has 266 valence electrons. The van der Waals surface area contributed by atoms with Gasteiger partial charge in [-0.15, -0.1) is 0 Å². The van der Waals surface area contributed by atoms with E-state index in [0.29, 0.717) is 37.5 Å². The number of hydrogen-bond donors (Lipinski definition) is 8. The number of benzene rings is 2. The van der Waals surface area contributed by atoms with Gasteiger partial charge in [0.2, 0.25) is 17.7 Å². The molecule has 0 heterocycles. The van der Waals surface area contributed by atoms with Crippen LogP contribution >= 0.6 is 0 Å². The average molecular weight is 679 g/mol. The molecule has 2 aromatic rings. The summed E-state index contributed by atoms with van der Waals surface area (Å²) in [6.45, 7) is 2.44. The van der Waals surface area contributed by atoms with Gasteiger partial charge in [-0.1, -0.05) is 68.3 Å². The van der Waals surface area contributed by atoms with E-state index >= 15 is 0 Å². The summed E-state index contributed by atoms with van der Waals surface area (Å²) in [6.07, 6.45) is 3.65. The standard InChI is InChI=1S/C34H50N10O5/c1-2-3-17-26(42-29(46)24-14-8-5-9-15-24)31(48)44-28(21-23-12-6-4-7-13-23)32(49)43-27(18-11-20-40-34(37)38)30(47)41-25(22-45)16-10-19-39-33(35)36/h4-9,12-15,22,25-28H,2-3,10-11,16-21H2,1H3,(H,41,47)(H,42,46)(H,43,49)(H,44,48)(H4,35,36,39)(H4,37,38,40)/t25-,26-,27-,28-/m0/s1. The summed E-state index contributed by atoms with van der Waals surface area (Å²) in [4.78, 5) is 73.6. The number of aliphatic imine (C=N–C) groups is 2. The van der Waals surface area contributed by atoms with E-state index in [0.717, 1.165) is 12.0 Å². The zero-order valence-corrected chi connectivity index (χ0v) is 28.0. The lowest BCUT2D eigenvalue weighted by Crippen LogP contribution is -2.58. The lowest BCUT2D eigenvalue weighted by atomic mass is 10.0. The van der Waals surface area contributed by atoms with Gasteiger partial charge in [-0.2, -0.15) is 0 Å². The molecule has 12 N–H and O–H groups in total. The molecule has 0 fully saturated rings. The van der Waals surface area contributed by atoms with E-state index < -0.39 is 47.8 Å². The Morgan fingerprint density at radius 1 is 0.653 bits per heavy atom. The van der Waals surface area contributed by atoms with Crippen molar-refractivity contribution in [3.8, 4) is 0 Å². The molecule has 0 saturated heterocycles. The number of unbranched alkanes of at least 4 members (excludes halogenated alkanes) is 1. The molecule has 2 aromatic carbocycles. The van der Waals surface area contributed by atoms with E-state index in [-0.39, 0.29) is 44.3 Å². The fourth-order valence-corrected chi connectivity index (χ4v) is 4.86. The third-order valence-corrected chi connectivity index (χ3v) is 7.46. The van der Waals surface area contributed by atoms with Gasteiger partial charge in [-0.3, -0.25) is 29.2 Å². The molecule has 0 saturated carbocycles. The van der Waals surface area contributed by atoms with Crippen molar-refractivity contribution in [2.75, 3.05) is 13.1 Å². The van der Waals surface area contributed by atoms with Crippen LogP contribution in [-0.4, -0.2) is 79.1 Å². The second kappa shape index (κ2) is 22.2. The number of nitrogens with one attached hydrogen (secondary N) is 4. The number of hydrogen-bond acceptors (Lipinski definition) is 7. The summed E-state index contributed by atoms with van der Waals surface area (Å²) in [5.74, 6) is -2.38. The first-order valence-corrected chi connectivity index (χ1v) is 16.4. The van der Waals surface area contributed by atoms with Gasteiger partial charge in [0.1, 0.15) is 24.4 Å². The van der Waals surface area contributed by atoms with Crippen molar-refractivity contribution < 1.29 is 24.0 Å². The Balaban J connectivity index is 2.28. The van der Waals surface area contributed by atoms with Gasteiger partial charge in [0.15, 0.2) is 11.9 Å². The number of aldehydes is 1. The molecule has 4 atom stereocenters. The zero-order chi connectivity index (χ0) is 36.0. The number of amides is 4. The maximum absolute atomic E-state index is 13.9. The van der Waals surface area contributed by atoms with Crippen molar-refractivity contribution in [1.82, 2.24) is 21.3 Å². The minimum atomic E-state index is -1.11. The van der Waals surface area contributed by atoms with Crippen LogP contribution in [0.1, 0.15) is 67.8 Å². The first-order valence-electron chi connectivity index (χ1n) is 16.4. The molecule has 2 rings (SSSR count). The molecule has 0 aliphatic carbocycles. The van der Waals surface area contributed by atoms with Crippen molar-refractivity contribution in [2.24, 2.45) is 32.9 Å². The van der Waals surface area contributed by atoms with Crippen molar-refractivity contribution in [3.63, 3.8) is 0 Å². The van der Waals surface area contributed by atoms with Crippen LogP contribution in [0.5, 0.6) is 0 Å². The van der Waals surface area contributed by atoms with E-state index in [1.165, 1.54) is 0 Å². The fraction of sp³-hybridized carbons (Fsp3) is 0.441. The number of nitrogens with zero attached hydrogens (tertiary/aromatic N) is 2. The first-order chi connectivity index (χ1) is 23.5. The minimum absolute atomic E-state index is 0.0809. The third kappa shape index (κ3) is 15.8. The van der Waals surface area contributed by atoms with E-state index in [4.69, 9.17) is 22.9 Å². The molecule has 0 bridgehead atoms. The lowest BCUT2D eigenvalue weighted by Gasteiger charge is -2.26. The van der Waals surface area contributed by atoms with Crippen LogP contribution in [0.25, 0.3) is 0 Å². The summed E-state index contributed by atoms with van der Waals surface area (Å²) in [5.41, 5.74) is 22.7. The molecule has 49 heavy (non-hydrogen) atoms. The van der Waals surface area contributed by atoms with E-state index in [2.05, 4.69) is 31.3 Å². The fourth-order valence-electron chi connectivity index (χ4n) is 4.86. The highest BCUT2D eigenvalue weighted by atomic mass is 16.2. The monoisotopic (exact) mass is 678 g/mol. The highest BCUT2D eigenvalue weighted by molar-refractivity contribution is 5.99. The number of guanidine groups is 2. The van der Waals surface area contributed by atoms with Gasteiger partial charge in [-0.05, 0) is 49.8 Å². The van der Waals surface area contributed by atoms with E-state index in [1.54, 1.807) is 30.3 Å². The molecule has 0 unspecified atom stereocenters. The quantitative estimate of drug-likeness (QED) is 0.0359. The Labute approximate surface area is 287 Å². The van der Waals surface area contributed by atoms with Crippen molar-refractivity contribution in [3.05, 3.63) is 71.8 Å². The number of carbonyl (C=O) groups is 5. The molecule has 0 aliphatic rings. The highest BCUT2D eigenvalue weighted by Crippen LogP contribution is 2.09. The summed E-state index contributed by atoms with van der Waals surface area (Å²) >= 11 is 0. The van der Waals surface area contributed by atoms with Crippen molar-refractivity contribution >= 4 is 41.8 Å². The van der Waals surface area contributed by atoms with Crippen LogP contribution in [0.3, 0.4) is 0 Å². The second-order valence-electron chi connectivity index (χ2n) is 11.5. The van der Waals surface area contributed by atoms with Gasteiger partial charge >= 0.3 is 0 Å². The summed E-state index contributed by atoms with van der Waals surface area (Å²) in [5, 5.41) is 11.0. The Morgan fingerprint density at radius 3 is 1.71 bits per heavy atom. The smallest absolute Gasteiger partial charge is 0.251 e. The number of carbonyl (C=O) groups excluding carboxylic acids is 5. The van der Waals surface area contributed by atoms with Crippen molar-refractivity contribution in [1.29, 1.82) is 0 Å². The number of rotatable bonds is 22. The molecular formula is C34H50N10O5. The Morgan fingerprint density at radius 2 is 1.14 bits per heavy atom. The Kier molecular flexibility index (Phi) is 18.0. The van der Waals surface area contributed by atoms with Gasteiger partial charge in [0.05, 0.1) is 6.04 Å². The second-order valence-corrected chi connectivity index (χ2v) is 11.5. The minimum Gasteiger partial charge on any atom is -0.370 e. The van der Waals surface area contributed by atoms with Crippen LogP contribution < -0.4 is 44.2 Å². The number of nitrogens with two attached hydrogens (primary N) is 4. The summed E-state index contributed by atoms with van der Waals surface area (Å²) in [7, 11) is 0. The van der Waals surface area contributed by atoms with Gasteiger partial charge < -0.3 is 49.0 Å². The molecule has 0 radical (unpaired) electrons. The molecule has 4 amide bonds. The predicted molar refractivity (Wildman–Crippen MR) is 189 cm³/mol. The molecule has 15 heteroatoms. The van der Waals surface area contributed by atoms with E-state index in [9.17, 15) is 24.0 Å². The molecule has 0 aromatic heterocycles. The maximum Gasteiger partial charge on any atom is 0.251 e. The van der Waals surface area contributed by atoms with Gasteiger partial charge in [0, 0.05) is 25.1 Å². The Bertz CT molecular complexity index is 1400. The van der Waals surface area contributed by atoms with Gasteiger partial charge in [0.25, 0.3) is 5.91 Å². The predicted octanol–water partition coefficient (Wildman–Crippen LogP) is -0.0216. The third-order valence-electron chi connectivity index (χ3n) is 7.46. The van der Waals surface area contributed by atoms with Crippen LogP contribution in [0.4, 0.5) is 0 Å². The maximum atomic E-state index is 13.9. The van der Waals surface area contributed by atoms with Crippen LogP contribution in [-0.2, 0) is 25.6 Å². The normalized spacial score (nSPS) is 13.0. The molecule has 15 nitrogen and oxygen atoms in total. The van der Waals surface area contributed by atoms with Crippen LogP contribution in [0, 0.1) is 0 Å². The largest absolute Gasteiger partial charge is 0.370 e. The van der Waals surface area contributed by atoms with Gasteiger partial charge in [-0.25, -0.2) is 0 Å². The summed E-state index contributed by atoms with van der Waals surface area (Å²) in [6, 6.07) is 13.6. The Hall–Kier alpha value is -5.47. The first kappa shape index (κ1) is 39.7. The topological polar surface area (TPSA) is 262 Å². The lowest BCUT2D eigenvalue weighted by molar-refractivity contribution is -0.133. The van der Waals surface area contributed by atoms with Crippen molar-refractivity contribution in [2.45, 2.75) is 82.5 Å². The molecule has 0 aliphatic heterocycles. The molecular weight excluding hydrogens is 628 g/mol. The van der Waals surface area contributed by atoms with E-state index in [1.807, 2.05) is 37.3 Å². The SMILES string of the molecule is CCCC[C@H](NC(=O)c1ccccc1)C(=O)N[C@@H](Cc1ccccc1)C(=O)N[C@@H](CCCN=C(N)N)C(=O)N[C@H](C=O)CCCN=C(N)N. The summed E-state index contributed by atoms with van der Waals surface area (Å²) < 4.78 is 0. The average Bonchev–Trinajstić information content (AvgIpc) is 3.09.